The number of rotatable bonds is 17. The van der Waals surface area contributed by atoms with Crippen LogP contribution in [-0.2, 0) is 24.1 Å². The number of carbonyl (C=O) groups excluding carboxylic acids is 1. The molecule has 0 saturated carbocycles. The maximum Gasteiger partial charge on any atom is 0.220 e. The fourth-order valence-corrected chi connectivity index (χ4v) is 5.78. The molecule has 3 N–H and O–H groups in total. The van der Waals surface area contributed by atoms with E-state index >= 15 is 0 Å². The molecule has 4 rings (SSSR count). The monoisotopic (exact) mass is 545 g/mol. The number of nitrogens with zero attached hydrogens (tertiary/aromatic N) is 1. The Morgan fingerprint density at radius 1 is 1.00 bits per heavy atom. The van der Waals surface area contributed by atoms with Crippen LogP contribution in [0.3, 0.4) is 0 Å². The normalized spacial score (nSPS) is 13.6. The van der Waals surface area contributed by atoms with Gasteiger partial charge in [0.25, 0.3) is 0 Å². The molecule has 1 atom stereocenters. The Morgan fingerprint density at radius 2 is 1.82 bits per heavy atom. The van der Waals surface area contributed by atoms with Crippen LogP contribution >= 0.6 is 0 Å². The summed E-state index contributed by atoms with van der Waals surface area (Å²) >= 11 is 0. The van der Waals surface area contributed by atoms with Crippen LogP contribution in [0.25, 0.3) is 10.9 Å². The SMILES string of the molecule is CCCCCC(Cc1ccc(OCCCCCCNc2c3c(nc4ccccc24)CCCC3)c(OC)c1)C(N)=O. The number of aryl methyl sites for hydroxylation is 1. The molecule has 0 radical (unpaired) electrons. The number of hydrogen-bond donors (Lipinski definition) is 2. The second-order valence-corrected chi connectivity index (χ2v) is 11.1. The first-order chi connectivity index (χ1) is 19.6. The lowest BCUT2D eigenvalue weighted by molar-refractivity contribution is -0.122. The third kappa shape index (κ3) is 8.12. The van der Waals surface area contributed by atoms with Gasteiger partial charge >= 0.3 is 0 Å². The minimum atomic E-state index is -0.223. The maximum absolute atomic E-state index is 11.9. The number of carbonyl (C=O) groups is 1. The Kier molecular flexibility index (Phi) is 11.5. The number of primary amides is 1. The Morgan fingerprint density at radius 3 is 2.65 bits per heavy atom. The zero-order valence-corrected chi connectivity index (χ0v) is 24.5. The van der Waals surface area contributed by atoms with E-state index in [9.17, 15) is 4.79 Å². The van der Waals surface area contributed by atoms with Crippen LogP contribution in [0.4, 0.5) is 5.69 Å². The van der Waals surface area contributed by atoms with Crippen LogP contribution in [0.15, 0.2) is 42.5 Å². The van der Waals surface area contributed by atoms with Crippen molar-refractivity contribution in [2.45, 2.75) is 90.4 Å². The first-order valence-electron chi connectivity index (χ1n) is 15.3. The van der Waals surface area contributed by atoms with E-state index in [1.165, 1.54) is 35.2 Å². The van der Waals surface area contributed by atoms with Gasteiger partial charge in [0.1, 0.15) is 0 Å². The number of ether oxygens (including phenoxy) is 2. The first-order valence-corrected chi connectivity index (χ1v) is 15.3. The highest BCUT2D eigenvalue weighted by Gasteiger charge is 2.18. The molecule has 0 fully saturated rings. The molecule has 3 aromatic rings. The number of nitrogens with one attached hydrogen (secondary N) is 1. The standard InChI is InChI=1S/C34H47N3O3/c1-3-4-7-14-26(34(35)38)23-25-19-20-31(32(24-25)39-2)40-22-13-6-5-12-21-36-33-27-15-8-10-17-29(27)37-30-18-11-9-16-28(30)33/h8,10,15,17,19-20,24,26H,3-7,9,11-14,16,18,21-23H2,1-2H3,(H2,35,38)(H,36,37). The summed E-state index contributed by atoms with van der Waals surface area (Å²) < 4.78 is 11.7. The molecular weight excluding hydrogens is 498 g/mol. The van der Waals surface area contributed by atoms with E-state index in [-0.39, 0.29) is 11.8 Å². The van der Waals surface area contributed by atoms with Crippen molar-refractivity contribution < 1.29 is 14.3 Å². The molecule has 1 amide bonds. The van der Waals surface area contributed by atoms with Gasteiger partial charge in [-0.1, -0.05) is 63.3 Å². The molecule has 0 saturated heterocycles. The summed E-state index contributed by atoms with van der Waals surface area (Å²) in [5.41, 5.74) is 11.9. The van der Waals surface area contributed by atoms with Crippen molar-refractivity contribution >= 4 is 22.5 Å². The third-order valence-electron chi connectivity index (χ3n) is 8.07. The average molecular weight is 546 g/mol. The van der Waals surface area contributed by atoms with Crippen LogP contribution in [0.1, 0.15) is 88.0 Å². The number of benzene rings is 2. The summed E-state index contributed by atoms with van der Waals surface area (Å²) in [6.45, 7) is 3.80. The van der Waals surface area contributed by atoms with E-state index in [1.807, 2.05) is 18.2 Å². The van der Waals surface area contributed by atoms with Gasteiger partial charge in [-0.2, -0.15) is 0 Å². The molecule has 1 aliphatic rings. The lowest BCUT2D eigenvalue weighted by atomic mass is 9.92. The molecule has 0 bridgehead atoms. The predicted molar refractivity (Wildman–Crippen MR) is 164 cm³/mol. The van der Waals surface area contributed by atoms with Gasteiger partial charge in [0.15, 0.2) is 11.5 Å². The number of fused-ring (bicyclic) bond motifs is 2. The van der Waals surface area contributed by atoms with E-state index in [0.29, 0.717) is 18.8 Å². The minimum Gasteiger partial charge on any atom is -0.493 e. The van der Waals surface area contributed by atoms with E-state index in [2.05, 4.69) is 36.5 Å². The van der Waals surface area contributed by atoms with E-state index < -0.39 is 0 Å². The summed E-state index contributed by atoms with van der Waals surface area (Å²) in [5.74, 6) is 1.11. The van der Waals surface area contributed by atoms with Crippen LogP contribution in [-0.4, -0.2) is 31.2 Å². The Balaban J connectivity index is 1.20. The van der Waals surface area contributed by atoms with Crippen LogP contribution < -0.4 is 20.5 Å². The predicted octanol–water partition coefficient (Wildman–Crippen LogP) is 7.40. The number of amides is 1. The summed E-state index contributed by atoms with van der Waals surface area (Å²) in [5, 5.41) is 5.02. The van der Waals surface area contributed by atoms with Crippen LogP contribution in [0.5, 0.6) is 11.5 Å². The molecule has 1 aromatic heterocycles. The molecule has 1 heterocycles. The molecule has 40 heavy (non-hydrogen) atoms. The van der Waals surface area contributed by atoms with Gasteiger partial charge in [0.05, 0.1) is 19.2 Å². The number of para-hydroxylation sites is 1. The van der Waals surface area contributed by atoms with Crippen molar-refractivity contribution in [3.63, 3.8) is 0 Å². The summed E-state index contributed by atoms with van der Waals surface area (Å²) in [7, 11) is 1.66. The van der Waals surface area contributed by atoms with Crippen LogP contribution in [0, 0.1) is 5.92 Å². The van der Waals surface area contributed by atoms with E-state index in [1.54, 1.807) is 7.11 Å². The molecule has 0 spiro atoms. The summed E-state index contributed by atoms with van der Waals surface area (Å²) in [4.78, 5) is 16.9. The number of aromatic nitrogens is 1. The molecule has 1 aliphatic carbocycles. The van der Waals surface area contributed by atoms with Crippen molar-refractivity contribution in [3.8, 4) is 11.5 Å². The Hall–Kier alpha value is -3.28. The van der Waals surface area contributed by atoms with Crippen molar-refractivity contribution in [2.24, 2.45) is 11.7 Å². The number of methoxy groups -OCH3 is 1. The molecule has 216 valence electrons. The fraction of sp³-hybridized carbons (Fsp3) is 0.529. The van der Waals surface area contributed by atoms with Gasteiger partial charge in [0.2, 0.25) is 5.91 Å². The van der Waals surface area contributed by atoms with Gasteiger partial charge < -0.3 is 20.5 Å². The molecular formula is C34H47N3O3. The summed E-state index contributed by atoms with van der Waals surface area (Å²) in [6.07, 6.45) is 13.9. The van der Waals surface area contributed by atoms with Gasteiger partial charge in [-0.15, -0.1) is 0 Å². The summed E-state index contributed by atoms with van der Waals surface area (Å²) in [6, 6.07) is 14.5. The number of nitrogens with two attached hydrogens (primary N) is 1. The van der Waals surface area contributed by atoms with Crippen molar-refractivity contribution in [3.05, 3.63) is 59.3 Å². The Labute approximate surface area is 240 Å². The quantitative estimate of drug-likeness (QED) is 0.173. The van der Waals surface area contributed by atoms with Gasteiger partial charge in [-0.3, -0.25) is 9.78 Å². The number of unbranched alkanes of at least 4 members (excludes halogenated alkanes) is 5. The van der Waals surface area contributed by atoms with Gasteiger partial charge in [-0.25, -0.2) is 0 Å². The second kappa shape index (κ2) is 15.5. The second-order valence-electron chi connectivity index (χ2n) is 11.1. The Bertz CT molecular complexity index is 1240. The van der Waals surface area contributed by atoms with Crippen molar-refractivity contribution in [1.82, 2.24) is 4.98 Å². The van der Waals surface area contributed by atoms with E-state index in [0.717, 1.165) is 87.6 Å². The fourth-order valence-electron chi connectivity index (χ4n) is 5.78. The smallest absolute Gasteiger partial charge is 0.220 e. The zero-order valence-electron chi connectivity index (χ0n) is 24.5. The number of pyridine rings is 1. The van der Waals surface area contributed by atoms with Gasteiger partial charge in [0, 0.05) is 29.2 Å². The number of hydrogen-bond acceptors (Lipinski definition) is 5. The first kappa shape index (κ1) is 29.7. The number of anilines is 1. The van der Waals surface area contributed by atoms with Crippen molar-refractivity contribution in [2.75, 3.05) is 25.6 Å². The van der Waals surface area contributed by atoms with Gasteiger partial charge in [-0.05, 0) is 80.7 Å². The van der Waals surface area contributed by atoms with Crippen LogP contribution in [0.2, 0.25) is 0 Å². The molecule has 2 aromatic carbocycles. The topological polar surface area (TPSA) is 86.5 Å². The lowest BCUT2D eigenvalue weighted by Crippen LogP contribution is -2.25. The highest BCUT2D eigenvalue weighted by molar-refractivity contribution is 5.93. The molecule has 6 nitrogen and oxygen atoms in total. The lowest BCUT2D eigenvalue weighted by Gasteiger charge is -2.21. The average Bonchev–Trinajstić information content (AvgIpc) is 2.97. The molecule has 0 aliphatic heterocycles. The molecule has 6 heteroatoms. The highest BCUT2D eigenvalue weighted by atomic mass is 16.5. The highest BCUT2D eigenvalue weighted by Crippen LogP contribution is 2.33. The minimum absolute atomic E-state index is 0.139. The zero-order chi connectivity index (χ0) is 28.2. The third-order valence-corrected chi connectivity index (χ3v) is 8.07. The van der Waals surface area contributed by atoms with E-state index in [4.69, 9.17) is 20.2 Å². The maximum atomic E-state index is 11.9. The largest absolute Gasteiger partial charge is 0.493 e. The molecule has 1 unspecified atom stereocenters. The van der Waals surface area contributed by atoms with Crippen molar-refractivity contribution in [1.29, 1.82) is 0 Å².